The van der Waals surface area contributed by atoms with E-state index in [9.17, 15) is 4.79 Å². The first-order valence-electron chi connectivity index (χ1n) is 7.51. The minimum Gasteiger partial charge on any atom is -0.351 e. The smallest absolute Gasteiger partial charge is 0.261 e. The van der Waals surface area contributed by atoms with Crippen LogP contribution in [-0.4, -0.2) is 50.1 Å². The van der Waals surface area contributed by atoms with Crippen molar-refractivity contribution >= 4 is 17.2 Å². The van der Waals surface area contributed by atoms with E-state index in [0.717, 1.165) is 57.0 Å². The van der Waals surface area contributed by atoms with E-state index in [2.05, 4.69) is 29.4 Å². The Hall–Kier alpha value is -0.910. The number of piperazine rings is 1. The summed E-state index contributed by atoms with van der Waals surface area (Å²) in [5, 5.41) is 6.38. The van der Waals surface area contributed by atoms with Crippen molar-refractivity contribution in [2.75, 3.05) is 39.3 Å². The number of thiophene rings is 1. The van der Waals surface area contributed by atoms with Gasteiger partial charge in [0.25, 0.3) is 5.91 Å². The van der Waals surface area contributed by atoms with Gasteiger partial charge in [-0.2, -0.15) is 0 Å². The third-order valence-corrected chi connectivity index (χ3v) is 5.09. The molecule has 0 aromatic carbocycles. The molecule has 2 N–H and O–H groups in total. The Morgan fingerprint density at radius 2 is 2.20 bits per heavy atom. The van der Waals surface area contributed by atoms with Gasteiger partial charge >= 0.3 is 0 Å². The number of nitrogens with zero attached hydrogens (tertiary/aromatic N) is 1. The zero-order valence-corrected chi connectivity index (χ0v) is 13.3. The van der Waals surface area contributed by atoms with E-state index < -0.39 is 0 Å². The molecular weight excluding hydrogens is 270 g/mol. The van der Waals surface area contributed by atoms with Gasteiger partial charge in [-0.15, -0.1) is 11.3 Å². The molecule has 0 atom stereocenters. The van der Waals surface area contributed by atoms with Crippen molar-refractivity contribution in [2.45, 2.75) is 26.7 Å². The van der Waals surface area contributed by atoms with Crippen LogP contribution in [0.5, 0.6) is 0 Å². The van der Waals surface area contributed by atoms with Gasteiger partial charge in [0.15, 0.2) is 0 Å². The number of carbonyl (C=O) groups excluding carboxylic acids is 1. The third-order valence-electron chi connectivity index (χ3n) is 3.71. The molecule has 112 valence electrons. The lowest BCUT2D eigenvalue weighted by atomic mass is 10.2. The minimum absolute atomic E-state index is 0.0816. The van der Waals surface area contributed by atoms with E-state index in [1.807, 2.05) is 6.07 Å². The van der Waals surface area contributed by atoms with Gasteiger partial charge in [0, 0.05) is 37.6 Å². The van der Waals surface area contributed by atoms with Crippen LogP contribution >= 0.6 is 11.3 Å². The van der Waals surface area contributed by atoms with Crippen LogP contribution in [0.15, 0.2) is 6.07 Å². The molecule has 20 heavy (non-hydrogen) atoms. The number of hydrogen-bond donors (Lipinski definition) is 2. The maximum atomic E-state index is 12.1. The van der Waals surface area contributed by atoms with E-state index in [4.69, 9.17) is 0 Å². The van der Waals surface area contributed by atoms with E-state index in [0.29, 0.717) is 0 Å². The molecule has 0 aliphatic carbocycles. The molecule has 1 aromatic rings. The molecule has 0 spiro atoms. The summed E-state index contributed by atoms with van der Waals surface area (Å²) in [6, 6.07) is 2.01. The normalized spacial score (nSPS) is 16.3. The Labute approximate surface area is 125 Å². The molecule has 1 saturated heterocycles. The first-order chi connectivity index (χ1) is 9.70. The minimum atomic E-state index is 0.0816. The molecule has 0 saturated carbocycles. The second-order valence-corrected chi connectivity index (χ2v) is 6.41. The van der Waals surface area contributed by atoms with Crippen molar-refractivity contribution in [3.05, 3.63) is 21.4 Å². The Morgan fingerprint density at radius 1 is 1.45 bits per heavy atom. The highest BCUT2D eigenvalue weighted by Crippen LogP contribution is 2.22. The molecule has 1 aliphatic rings. The summed E-state index contributed by atoms with van der Waals surface area (Å²) in [7, 11) is 0. The van der Waals surface area contributed by atoms with Gasteiger partial charge < -0.3 is 15.5 Å². The quantitative estimate of drug-likeness (QED) is 0.784. The van der Waals surface area contributed by atoms with Crippen molar-refractivity contribution in [3.63, 3.8) is 0 Å². The number of amides is 1. The van der Waals surface area contributed by atoms with E-state index in [1.165, 1.54) is 10.4 Å². The first-order valence-corrected chi connectivity index (χ1v) is 8.33. The lowest BCUT2D eigenvalue weighted by Crippen LogP contribution is -2.44. The van der Waals surface area contributed by atoms with E-state index in [1.54, 1.807) is 11.3 Å². The second-order valence-electron chi connectivity index (χ2n) is 5.27. The maximum Gasteiger partial charge on any atom is 0.261 e. The summed E-state index contributed by atoms with van der Waals surface area (Å²) in [5.41, 5.74) is 1.24. The maximum absolute atomic E-state index is 12.1. The lowest BCUT2D eigenvalue weighted by Gasteiger charge is -2.27. The van der Waals surface area contributed by atoms with Crippen molar-refractivity contribution in [2.24, 2.45) is 0 Å². The molecule has 4 nitrogen and oxygen atoms in total. The Balaban J connectivity index is 1.69. The largest absolute Gasteiger partial charge is 0.351 e. The highest BCUT2D eigenvalue weighted by Gasteiger charge is 2.12. The zero-order valence-electron chi connectivity index (χ0n) is 12.5. The summed E-state index contributed by atoms with van der Waals surface area (Å²) in [4.78, 5) is 16.7. The van der Waals surface area contributed by atoms with Gasteiger partial charge in [0.05, 0.1) is 4.88 Å². The molecule has 0 radical (unpaired) electrons. The number of nitrogens with one attached hydrogen (secondary N) is 2. The number of hydrogen-bond acceptors (Lipinski definition) is 4. The standard InChI is InChI=1S/C15H25N3OS/c1-3-13-12(2)11-14(20-13)15(19)17-5-4-8-18-9-6-16-7-10-18/h11,16H,3-10H2,1-2H3,(H,17,19). The van der Waals surface area contributed by atoms with Crippen LogP contribution < -0.4 is 10.6 Å². The molecular formula is C15H25N3OS. The molecule has 5 heteroatoms. The molecule has 2 rings (SSSR count). The zero-order chi connectivity index (χ0) is 14.4. The number of rotatable bonds is 6. The van der Waals surface area contributed by atoms with Crippen LogP contribution in [0.1, 0.15) is 33.5 Å². The molecule has 1 aliphatic heterocycles. The van der Waals surface area contributed by atoms with Crippen molar-refractivity contribution in [3.8, 4) is 0 Å². The van der Waals surface area contributed by atoms with Crippen LogP contribution in [0.25, 0.3) is 0 Å². The average molecular weight is 295 g/mol. The molecule has 1 fully saturated rings. The molecule has 2 heterocycles. The molecule has 0 unspecified atom stereocenters. The fourth-order valence-corrected chi connectivity index (χ4v) is 3.54. The van der Waals surface area contributed by atoms with Gasteiger partial charge in [0.1, 0.15) is 0 Å². The van der Waals surface area contributed by atoms with Gasteiger partial charge in [-0.25, -0.2) is 0 Å². The number of aryl methyl sites for hydroxylation is 2. The van der Waals surface area contributed by atoms with Crippen LogP contribution in [0.2, 0.25) is 0 Å². The van der Waals surface area contributed by atoms with E-state index >= 15 is 0 Å². The highest BCUT2D eigenvalue weighted by molar-refractivity contribution is 7.14. The molecule has 1 amide bonds. The second kappa shape index (κ2) is 7.76. The summed E-state index contributed by atoms with van der Waals surface area (Å²) < 4.78 is 0. The summed E-state index contributed by atoms with van der Waals surface area (Å²) >= 11 is 1.62. The average Bonchev–Trinajstić information content (AvgIpc) is 2.86. The van der Waals surface area contributed by atoms with Crippen LogP contribution in [0.3, 0.4) is 0 Å². The summed E-state index contributed by atoms with van der Waals surface area (Å²) in [6.45, 7) is 10.5. The summed E-state index contributed by atoms with van der Waals surface area (Å²) in [5.74, 6) is 0.0816. The molecule has 1 aromatic heterocycles. The van der Waals surface area contributed by atoms with Crippen LogP contribution in [0.4, 0.5) is 0 Å². The number of carbonyl (C=O) groups is 1. The van der Waals surface area contributed by atoms with Crippen molar-refractivity contribution in [1.82, 2.24) is 15.5 Å². The highest BCUT2D eigenvalue weighted by atomic mass is 32.1. The SMILES string of the molecule is CCc1sc(C(=O)NCCCN2CCNCC2)cc1C. The molecule has 0 bridgehead atoms. The van der Waals surface area contributed by atoms with Crippen molar-refractivity contribution < 1.29 is 4.79 Å². The van der Waals surface area contributed by atoms with Gasteiger partial charge in [-0.1, -0.05) is 6.92 Å². The van der Waals surface area contributed by atoms with E-state index in [-0.39, 0.29) is 5.91 Å². The monoisotopic (exact) mass is 295 g/mol. The van der Waals surface area contributed by atoms with Gasteiger partial charge in [0.2, 0.25) is 0 Å². The third kappa shape index (κ3) is 4.30. The van der Waals surface area contributed by atoms with Crippen LogP contribution in [0, 0.1) is 6.92 Å². The van der Waals surface area contributed by atoms with Crippen molar-refractivity contribution in [1.29, 1.82) is 0 Å². The Kier molecular flexibility index (Phi) is 6.01. The lowest BCUT2D eigenvalue weighted by molar-refractivity contribution is 0.0955. The topological polar surface area (TPSA) is 44.4 Å². The summed E-state index contributed by atoms with van der Waals surface area (Å²) in [6.07, 6.45) is 2.03. The predicted molar refractivity (Wildman–Crippen MR) is 84.7 cm³/mol. The first kappa shape index (κ1) is 15.5. The van der Waals surface area contributed by atoms with Crippen LogP contribution in [-0.2, 0) is 6.42 Å². The Bertz CT molecular complexity index is 438. The predicted octanol–water partition coefficient (Wildman–Crippen LogP) is 1.64. The van der Waals surface area contributed by atoms with Gasteiger partial charge in [-0.05, 0) is 37.9 Å². The van der Waals surface area contributed by atoms with Gasteiger partial charge in [-0.3, -0.25) is 4.79 Å². The Morgan fingerprint density at radius 3 is 2.85 bits per heavy atom. The fourth-order valence-electron chi connectivity index (χ4n) is 2.51. The fraction of sp³-hybridized carbons (Fsp3) is 0.667.